The lowest BCUT2D eigenvalue weighted by atomic mass is 10.1. The molecule has 0 amide bonds. The van der Waals surface area contributed by atoms with Gasteiger partial charge in [0.25, 0.3) is 0 Å². The summed E-state index contributed by atoms with van der Waals surface area (Å²) in [5.41, 5.74) is 3.38. The molecule has 0 unspecified atom stereocenters. The van der Waals surface area contributed by atoms with Crippen molar-refractivity contribution in [3.63, 3.8) is 0 Å². The van der Waals surface area contributed by atoms with Gasteiger partial charge < -0.3 is 9.72 Å². The molecular formula is C17H13N3O. The van der Waals surface area contributed by atoms with Crippen molar-refractivity contribution in [2.24, 2.45) is 0 Å². The van der Waals surface area contributed by atoms with E-state index in [9.17, 15) is 0 Å². The molecule has 0 aliphatic carbocycles. The van der Waals surface area contributed by atoms with Gasteiger partial charge in [-0.3, -0.25) is 0 Å². The number of para-hydroxylation sites is 1. The second-order valence-electron chi connectivity index (χ2n) is 4.55. The minimum absolute atomic E-state index is 0.414. The monoisotopic (exact) mass is 275 g/mol. The van der Waals surface area contributed by atoms with E-state index < -0.39 is 0 Å². The van der Waals surface area contributed by atoms with Gasteiger partial charge >= 0.3 is 0 Å². The fraction of sp³-hybridized carbons (Fsp3) is 0.0588. The van der Waals surface area contributed by atoms with E-state index in [4.69, 9.17) is 10.00 Å². The number of hydrogen-bond acceptors (Lipinski definition) is 3. The molecule has 0 radical (unpaired) electrons. The van der Waals surface area contributed by atoms with Crippen LogP contribution in [0.1, 0.15) is 11.1 Å². The van der Waals surface area contributed by atoms with Crippen molar-refractivity contribution >= 4 is 0 Å². The molecule has 0 bridgehead atoms. The summed E-state index contributed by atoms with van der Waals surface area (Å²) in [6.07, 6.45) is 3.47. The zero-order valence-corrected chi connectivity index (χ0v) is 11.3. The first-order valence-corrected chi connectivity index (χ1v) is 6.57. The Morgan fingerprint density at radius 3 is 2.86 bits per heavy atom. The molecule has 1 N–H and O–H groups in total. The molecule has 102 valence electrons. The van der Waals surface area contributed by atoms with Gasteiger partial charge in [-0.25, -0.2) is 4.98 Å². The highest BCUT2D eigenvalue weighted by Gasteiger charge is 2.07. The molecule has 0 saturated heterocycles. The number of rotatable bonds is 4. The van der Waals surface area contributed by atoms with E-state index in [1.54, 1.807) is 12.4 Å². The molecule has 4 nitrogen and oxygen atoms in total. The van der Waals surface area contributed by atoms with Gasteiger partial charge in [-0.1, -0.05) is 24.3 Å². The number of nitrogens with zero attached hydrogens (tertiary/aromatic N) is 2. The van der Waals surface area contributed by atoms with E-state index in [0.717, 1.165) is 22.6 Å². The van der Waals surface area contributed by atoms with Crippen LogP contribution in [0.4, 0.5) is 0 Å². The Kier molecular flexibility index (Phi) is 3.66. The first-order chi connectivity index (χ1) is 10.4. The van der Waals surface area contributed by atoms with Crippen LogP contribution in [-0.2, 0) is 6.61 Å². The lowest BCUT2D eigenvalue weighted by molar-refractivity contribution is 0.307. The van der Waals surface area contributed by atoms with Gasteiger partial charge in [0, 0.05) is 11.8 Å². The lowest BCUT2D eigenvalue weighted by Gasteiger charge is -2.10. The third-order valence-corrected chi connectivity index (χ3v) is 3.11. The second kappa shape index (κ2) is 5.93. The number of aromatic amines is 1. The van der Waals surface area contributed by atoms with Gasteiger partial charge in [0.1, 0.15) is 12.4 Å². The van der Waals surface area contributed by atoms with Crippen LogP contribution in [0, 0.1) is 11.3 Å². The Balaban J connectivity index is 1.81. The Hall–Kier alpha value is -3.06. The van der Waals surface area contributed by atoms with Gasteiger partial charge in [-0.05, 0) is 29.8 Å². The fourth-order valence-electron chi connectivity index (χ4n) is 2.10. The molecule has 0 fully saturated rings. The highest BCUT2D eigenvalue weighted by Crippen LogP contribution is 2.28. The summed E-state index contributed by atoms with van der Waals surface area (Å²) in [7, 11) is 0. The summed E-state index contributed by atoms with van der Waals surface area (Å²) in [4.78, 5) is 7.19. The van der Waals surface area contributed by atoms with Crippen LogP contribution < -0.4 is 4.74 Å². The molecule has 0 spiro atoms. The molecular weight excluding hydrogens is 262 g/mol. The van der Waals surface area contributed by atoms with Crippen LogP contribution in [0.2, 0.25) is 0 Å². The van der Waals surface area contributed by atoms with Crippen molar-refractivity contribution in [3.8, 4) is 23.1 Å². The number of H-pyrrole nitrogens is 1. The van der Waals surface area contributed by atoms with Crippen molar-refractivity contribution < 1.29 is 4.74 Å². The van der Waals surface area contributed by atoms with Crippen LogP contribution in [0.3, 0.4) is 0 Å². The van der Waals surface area contributed by atoms with Gasteiger partial charge in [-0.2, -0.15) is 5.26 Å². The summed E-state index contributed by atoms with van der Waals surface area (Å²) in [5, 5.41) is 8.91. The number of aromatic nitrogens is 2. The quantitative estimate of drug-likeness (QED) is 0.792. The summed E-state index contributed by atoms with van der Waals surface area (Å²) in [5.74, 6) is 0.770. The van der Waals surface area contributed by atoms with Crippen molar-refractivity contribution in [1.29, 1.82) is 5.26 Å². The highest BCUT2D eigenvalue weighted by molar-refractivity contribution is 5.66. The number of nitriles is 1. The maximum absolute atomic E-state index is 8.91. The molecule has 0 aliphatic heterocycles. The Morgan fingerprint density at radius 1 is 1.14 bits per heavy atom. The SMILES string of the molecule is N#Cc1cccc(COc2ccccc2-c2c[nH]cn2)c1. The van der Waals surface area contributed by atoms with Crippen molar-refractivity contribution in [2.75, 3.05) is 0 Å². The topological polar surface area (TPSA) is 61.7 Å². The predicted octanol–water partition coefficient (Wildman–Crippen LogP) is 3.53. The largest absolute Gasteiger partial charge is 0.488 e. The number of hydrogen-bond donors (Lipinski definition) is 1. The maximum atomic E-state index is 8.91. The molecule has 4 heteroatoms. The van der Waals surface area contributed by atoms with E-state index in [1.165, 1.54) is 0 Å². The zero-order valence-electron chi connectivity index (χ0n) is 11.3. The van der Waals surface area contributed by atoms with Crippen LogP contribution in [0.5, 0.6) is 5.75 Å². The van der Waals surface area contributed by atoms with Gasteiger partial charge in [0.05, 0.1) is 23.7 Å². The summed E-state index contributed by atoms with van der Waals surface area (Å²) >= 11 is 0. The fourth-order valence-corrected chi connectivity index (χ4v) is 2.10. The first kappa shape index (κ1) is 12.9. The molecule has 3 aromatic rings. The molecule has 0 atom stereocenters. The highest BCUT2D eigenvalue weighted by atomic mass is 16.5. The normalized spacial score (nSPS) is 10.0. The van der Waals surface area contributed by atoms with Crippen molar-refractivity contribution in [3.05, 3.63) is 72.2 Å². The van der Waals surface area contributed by atoms with Crippen LogP contribution >= 0.6 is 0 Å². The van der Waals surface area contributed by atoms with E-state index in [-0.39, 0.29) is 0 Å². The Labute approximate surface area is 122 Å². The molecule has 21 heavy (non-hydrogen) atoms. The first-order valence-electron chi connectivity index (χ1n) is 6.57. The summed E-state index contributed by atoms with van der Waals surface area (Å²) < 4.78 is 5.88. The zero-order chi connectivity index (χ0) is 14.5. The third kappa shape index (κ3) is 2.93. The minimum atomic E-state index is 0.414. The molecule has 2 aromatic carbocycles. The number of imidazole rings is 1. The summed E-state index contributed by atoms with van der Waals surface area (Å²) in [6.45, 7) is 0.414. The molecule has 0 aliphatic rings. The van der Waals surface area contributed by atoms with Crippen molar-refractivity contribution in [1.82, 2.24) is 9.97 Å². The maximum Gasteiger partial charge on any atom is 0.129 e. The lowest BCUT2D eigenvalue weighted by Crippen LogP contribution is -1.97. The van der Waals surface area contributed by atoms with Crippen LogP contribution in [0.25, 0.3) is 11.3 Å². The van der Waals surface area contributed by atoms with Crippen LogP contribution in [0.15, 0.2) is 61.1 Å². The van der Waals surface area contributed by atoms with Gasteiger partial charge in [0.15, 0.2) is 0 Å². The number of nitrogens with one attached hydrogen (secondary N) is 1. The number of benzene rings is 2. The second-order valence-corrected chi connectivity index (χ2v) is 4.55. The van der Waals surface area contributed by atoms with Gasteiger partial charge in [-0.15, -0.1) is 0 Å². The Morgan fingerprint density at radius 2 is 2.05 bits per heavy atom. The number of ether oxygens (including phenoxy) is 1. The smallest absolute Gasteiger partial charge is 0.129 e. The average molecular weight is 275 g/mol. The predicted molar refractivity (Wildman–Crippen MR) is 79.5 cm³/mol. The Bertz CT molecular complexity index is 773. The molecule has 1 heterocycles. The average Bonchev–Trinajstić information content (AvgIpc) is 3.08. The standard InChI is InChI=1S/C17H13N3O/c18-9-13-4-3-5-14(8-13)11-21-17-7-2-1-6-15(17)16-10-19-12-20-16/h1-8,10,12H,11H2,(H,19,20). The third-order valence-electron chi connectivity index (χ3n) is 3.11. The van der Waals surface area contributed by atoms with Gasteiger partial charge in [0.2, 0.25) is 0 Å². The molecule has 1 aromatic heterocycles. The van der Waals surface area contributed by atoms with Crippen molar-refractivity contribution in [2.45, 2.75) is 6.61 Å². The van der Waals surface area contributed by atoms with E-state index in [2.05, 4.69) is 16.0 Å². The van der Waals surface area contributed by atoms with E-state index >= 15 is 0 Å². The molecule has 0 saturated carbocycles. The summed E-state index contributed by atoms with van der Waals surface area (Å²) in [6, 6.07) is 17.3. The van der Waals surface area contributed by atoms with Crippen LogP contribution in [-0.4, -0.2) is 9.97 Å². The van der Waals surface area contributed by atoms with E-state index in [1.807, 2.05) is 48.7 Å². The van der Waals surface area contributed by atoms with E-state index in [0.29, 0.717) is 12.2 Å². The minimum Gasteiger partial charge on any atom is -0.488 e. The molecule has 3 rings (SSSR count).